The van der Waals surface area contributed by atoms with Crippen molar-refractivity contribution in [1.29, 1.82) is 0 Å². The van der Waals surface area contributed by atoms with Crippen molar-refractivity contribution in [3.63, 3.8) is 0 Å². The molecule has 1 heterocycles. The summed E-state index contributed by atoms with van der Waals surface area (Å²) < 4.78 is 66.8. The second-order valence-electron chi connectivity index (χ2n) is 9.24. The Balaban J connectivity index is 1.34. The molecule has 3 aromatic rings. The van der Waals surface area contributed by atoms with Gasteiger partial charge in [0.25, 0.3) is 10.0 Å². The van der Waals surface area contributed by atoms with Crippen LogP contribution in [0.2, 0.25) is 0 Å². The van der Waals surface area contributed by atoms with Gasteiger partial charge in [0.1, 0.15) is 11.5 Å². The van der Waals surface area contributed by atoms with E-state index in [1.54, 1.807) is 30.3 Å². The maximum absolute atomic E-state index is 12.9. The summed E-state index contributed by atoms with van der Waals surface area (Å²) in [6.45, 7) is 0.510. The number of nitrogens with zero attached hydrogens (tertiary/aromatic N) is 1. The van der Waals surface area contributed by atoms with E-state index in [1.807, 2.05) is 6.07 Å². The van der Waals surface area contributed by atoms with Crippen LogP contribution in [0.1, 0.15) is 18.4 Å². The Morgan fingerprint density at radius 3 is 2.27 bits per heavy atom. The topological polar surface area (TPSA) is 131 Å². The molecule has 40 heavy (non-hydrogen) atoms. The van der Waals surface area contributed by atoms with Crippen LogP contribution >= 0.6 is 15.9 Å². The highest BCUT2D eigenvalue weighted by Crippen LogP contribution is 2.31. The zero-order chi connectivity index (χ0) is 28.9. The first-order valence-electron chi connectivity index (χ1n) is 12.4. The van der Waals surface area contributed by atoms with Crippen LogP contribution in [-0.2, 0) is 30.6 Å². The number of nitrogens with one attached hydrogen (secondary N) is 2. The predicted octanol–water partition coefficient (Wildman–Crippen LogP) is 4.45. The highest BCUT2D eigenvalue weighted by Gasteiger charge is 2.31. The number of piperidine rings is 1. The molecule has 13 heteroatoms. The Labute approximate surface area is 242 Å². The second kappa shape index (κ2) is 12.6. The molecule has 1 aliphatic rings. The van der Waals surface area contributed by atoms with Crippen molar-refractivity contribution in [1.82, 2.24) is 4.31 Å². The van der Waals surface area contributed by atoms with Gasteiger partial charge in [-0.25, -0.2) is 21.1 Å². The van der Waals surface area contributed by atoms with Crippen LogP contribution in [0, 0.1) is 5.92 Å². The van der Waals surface area contributed by atoms with Gasteiger partial charge in [0.2, 0.25) is 15.9 Å². The summed E-state index contributed by atoms with van der Waals surface area (Å²) in [7, 11) is -4.54. The summed E-state index contributed by atoms with van der Waals surface area (Å²) in [4.78, 5) is 12.9. The van der Waals surface area contributed by atoms with Crippen LogP contribution in [0.4, 0.5) is 11.4 Å². The van der Waals surface area contributed by atoms with Gasteiger partial charge in [-0.2, -0.15) is 0 Å². The zero-order valence-corrected chi connectivity index (χ0v) is 25.2. The van der Waals surface area contributed by atoms with E-state index in [1.165, 1.54) is 48.9 Å². The van der Waals surface area contributed by atoms with E-state index in [0.29, 0.717) is 35.6 Å². The molecule has 0 saturated carbocycles. The molecule has 0 spiro atoms. The lowest BCUT2D eigenvalue weighted by atomic mass is 9.97. The molecule has 0 unspecified atom stereocenters. The molecule has 0 bridgehead atoms. The van der Waals surface area contributed by atoms with Crippen LogP contribution < -0.4 is 19.5 Å². The summed E-state index contributed by atoms with van der Waals surface area (Å²) >= 11 is 3.36. The number of hydrogen-bond donors (Lipinski definition) is 2. The smallest absolute Gasteiger partial charge is 0.262 e. The number of halogens is 1. The van der Waals surface area contributed by atoms with Crippen LogP contribution in [0.25, 0.3) is 0 Å². The Kier molecular flexibility index (Phi) is 9.39. The molecule has 0 aliphatic carbocycles. The van der Waals surface area contributed by atoms with E-state index in [9.17, 15) is 21.6 Å². The van der Waals surface area contributed by atoms with Crippen LogP contribution in [0.3, 0.4) is 0 Å². The number of hydrogen-bond acceptors (Lipinski definition) is 7. The quantitative estimate of drug-likeness (QED) is 0.331. The van der Waals surface area contributed by atoms with Gasteiger partial charge in [-0.15, -0.1) is 0 Å². The molecule has 0 aromatic heterocycles. The Bertz CT molecular complexity index is 1570. The summed E-state index contributed by atoms with van der Waals surface area (Å²) in [5, 5.41) is 2.81. The van der Waals surface area contributed by atoms with Crippen LogP contribution in [-0.4, -0.2) is 54.4 Å². The zero-order valence-electron chi connectivity index (χ0n) is 22.0. The van der Waals surface area contributed by atoms with Crippen molar-refractivity contribution in [2.75, 3.05) is 37.3 Å². The molecule has 0 radical (unpaired) electrons. The number of sulfonamides is 2. The van der Waals surface area contributed by atoms with Crippen molar-refractivity contribution >= 4 is 53.3 Å². The first-order valence-corrected chi connectivity index (χ1v) is 16.3. The van der Waals surface area contributed by atoms with Gasteiger partial charge in [-0.05, 0) is 66.9 Å². The number of methoxy groups -OCH3 is 2. The normalized spacial score (nSPS) is 14.9. The third-order valence-electron chi connectivity index (χ3n) is 6.54. The molecule has 1 aliphatic heterocycles. The number of ether oxygens (including phenoxy) is 2. The Hall–Kier alpha value is -3.13. The number of carbonyl (C=O) groups excluding carboxylic acids is 1. The monoisotopic (exact) mass is 651 g/mol. The van der Waals surface area contributed by atoms with Gasteiger partial charge in [-0.1, -0.05) is 28.1 Å². The molecule has 3 aromatic carbocycles. The number of anilines is 2. The first kappa shape index (κ1) is 29.8. The average Bonchev–Trinajstić information content (AvgIpc) is 2.93. The molecule has 214 valence electrons. The molecule has 0 atom stereocenters. The Morgan fingerprint density at radius 2 is 1.65 bits per heavy atom. The van der Waals surface area contributed by atoms with Gasteiger partial charge < -0.3 is 14.8 Å². The standard InChI is InChI=1S/C27H30BrN3O7S2/c1-37-23-8-11-26(38-2)25(17-23)30-40(35,36)24-9-6-22(7-10-24)29-27(32)20-12-14-31(15-13-20)39(33,34)18-19-4-3-5-21(28)16-19/h3-11,16-17,20,30H,12-15,18H2,1-2H3,(H,29,32). The highest BCUT2D eigenvalue weighted by molar-refractivity contribution is 9.10. The summed E-state index contributed by atoms with van der Waals surface area (Å²) in [6.07, 6.45) is 0.782. The first-order chi connectivity index (χ1) is 19.0. The largest absolute Gasteiger partial charge is 0.497 e. The highest BCUT2D eigenvalue weighted by atomic mass is 79.9. The molecular formula is C27H30BrN3O7S2. The van der Waals surface area contributed by atoms with Gasteiger partial charge >= 0.3 is 0 Å². The minimum atomic E-state index is -3.95. The number of benzene rings is 3. The molecular weight excluding hydrogens is 622 g/mol. The number of rotatable bonds is 10. The van der Waals surface area contributed by atoms with Crippen molar-refractivity contribution < 1.29 is 31.1 Å². The maximum Gasteiger partial charge on any atom is 0.262 e. The van der Waals surface area contributed by atoms with Gasteiger partial charge in [0.05, 0.1) is 30.6 Å². The van der Waals surface area contributed by atoms with Gasteiger partial charge in [-0.3, -0.25) is 9.52 Å². The van der Waals surface area contributed by atoms with Crippen LogP contribution in [0.5, 0.6) is 11.5 Å². The third-order valence-corrected chi connectivity index (χ3v) is 10.3. The van der Waals surface area contributed by atoms with E-state index in [4.69, 9.17) is 9.47 Å². The van der Waals surface area contributed by atoms with E-state index in [2.05, 4.69) is 26.0 Å². The maximum atomic E-state index is 12.9. The lowest BCUT2D eigenvalue weighted by Gasteiger charge is -2.30. The third kappa shape index (κ3) is 7.33. The fraction of sp³-hybridized carbons (Fsp3) is 0.296. The van der Waals surface area contributed by atoms with E-state index >= 15 is 0 Å². The molecule has 10 nitrogen and oxygen atoms in total. The fourth-order valence-corrected chi connectivity index (χ4v) is 7.44. The van der Waals surface area contributed by atoms with Gasteiger partial charge in [0, 0.05) is 35.2 Å². The number of amides is 1. The summed E-state index contributed by atoms with van der Waals surface area (Å²) in [5.41, 5.74) is 1.36. The second-order valence-corrected chi connectivity index (χ2v) is 13.8. The Morgan fingerprint density at radius 1 is 0.950 bits per heavy atom. The predicted molar refractivity (Wildman–Crippen MR) is 156 cm³/mol. The van der Waals surface area contributed by atoms with E-state index < -0.39 is 20.0 Å². The van der Waals surface area contributed by atoms with Crippen LogP contribution in [0.15, 0.2) is 76.1 Å². The van der Waals surface area contributed by atoms with Crippen molar-refractivity contribution in [3.05, 3.63) is 76.8 Å². The minimum Gasteiger partial charge on any atom is -0.497 e. The molecule has 1 saturated heterocycles. The lowest BCUT2D eigenvalue weighted by molar-refractivity contribution is -0.120. The fourth-order valence-electron chi connectivity index (χ4n) is 4.38. The minimum absolute atomic E-state index is 0.000618. The average molecular weight is 653 g/mol. The summed E-state index contributed by atoms with van der Waals surface area (Å²) in [6, 6.07) is 17.7. The SMILES string of the molecule is COc1ccc(OC)c(NS(=O)(=O)c2ccc(NC(=O)C3CCN(S(=O)(=O)Cc4cccc(Br)c4)CC3)cc2)c1. The lowest BCUT2D eigenvalue weighted by Crippen LogP contribution is -2.41. The molecule has 1 amide bonds. The van der Waals surface area contributed by atoms with E-state index in [0.717, 1.165) is 4.47 Å². The molecule has 4 rings (SSSR count). The molecule has 1 fully saturated rings. The van der Waals surface area contributed by atoms with Crippen molar-refractivity contribution in [2.45, 2.75) is 23.5 Å². The van der Waals surface area contributed by atoms with E-state index in [-0.39, 0.29) is 41.3 Å². The van der Waals surface area contributed by atoms with Crippen molar-refractivity contribution in [2.24, 2.45) is 5.92 Å². The van der Waals surface area contributed by atoms with Crippen molar-refractivity contribution in [3.8, 4) is 11.5 Å². The van der Waals surface area contributed by atoms with Gasteiger partial charge in [0.15, 0.2) is 0 Å². The number of carbonyl (C=O) groups is 1. The summed E-state index contributed by atoms with van der Waals surface area (Å²) in [5.74, 6) is 0.101. The molecule has 2 N–H and O–H groups in total.